The summed E-state index contributed by atoms with van der Waals surface area (Å²) in [7, 11) is 0. The Balaban J connectivity index is 1.25. The van der Waals surface area contributed by atoms with E-state index in [2.05, 4.69) is 0 Å². The van der Waals surface area contributed by atoms with Gasteiger partial charge in [0.2, 0.25) is 0 Å². The molecule has 50 heavy (non-hydrogen) atoms. The Hall–Kier alpha value is -6.64. The highest BCUT2D eigenvalue weighted by Crippen LogP contribution is 2.42. The maximum absolute atomic E-state index is 9.55. The summed E-state index contributed by atoms with van der Waals surface area (Å²) in [4.78, 5) is 0. The van der Waals surface area contributed by atoms with Crippen LogP contribution in [0.4, 0.5) is 0 Å². The number of benzene rings is 8. The summed E-state index contributed by atoms with van der Waals surface area (Å²) >= 11 is 0. The second kappa shape index (κ2) is 11.5. The third-order valence-electron chi connectivity index (χ3n) is 8.52. The van der Waals surface area contributed by atoms with E-state index in [0.717, 1.165) is 0 Å². The molecule has 0 aliphatic heterocycles. The van der Waals surface area contributed by atoms with Gasteiger partial charge in [-0.15, -0.1) is 0 Å². The smallest absolute Gasteiger partial charge is 0.0651 e. The highest BCUT2D eigenvalue weighted by Gasteiger charge is 2.20. The van der Waals surface area contributed by atoms with Gasteiger partial charge in [0.05, 0.1) is 52.2 Å². The van der Waals surface area contributed by atoms with E-state index in [-0.39, 0.29) is 11.4 Å². The van der Waals surface area contributed by atoms with Gasteiger partial charge in [0, 0.05) is 32.9 Å². The van der Waals surface area contributed by atoms with Gasteiger partial charge >= 0.3 is 0 Å². The lowest BCUT2D eigenvalue weighted by Gasteiger charge is -2.11. The monoisotopic (exact) mass is 658 g/mol. The van der Waals surface area contributed by atoms with Gasteiger partial charge in [0.15, 0.2) is 0 Å². The average molecular weight is 659 g/mol. The zero-order valence-electron chi connectivity index (χ0n) is 47.7. The van der Waals surface area contributed by atoms with Crippen LogP contribution in [0.15, 0.2) is 194 Å². The topological polar surface area (TPSA) is 9.86 Å². The van der Waals surface area contributed by atoms with Crippen LogP contribution >= 0.6 is 0 Å². The van der Waals surface area contributed by atoms with Crippen molar-refractivity contribution in [2.45, 2.75) is 0 Å². The minimum Gasteiger partial charge on any atom is -0.309 e. The molecule has 0 saturated heterocycles. The maximum Gasteiger partial charge on any atom is 0.0651 e. The molecule has 0 saturated carbocycles. The zero-order valence-corrected chi connectivity index (χ0v) is 25.7. The number of hydrogen-bond acceptors (Lipinski definition) is 0. The minimum atomic E-state index is -0.844. The summed E-state index contributed by atoms with van der Waals surface area (Å²) in [5.41, 5.74) is -2.29. The Bertz CT molecular complexity index is 4020. The summed E-state index contributed by atoms with van der Waals surface area (Å²) < 4.78 is 196. The van der Waals surface area contributed by atoms with Gasteiger partial charge in [0.25, 0.3) is 0 Å². The molecule has 10 aromatic rings. The molecule has 2 aromatic heterocycles. The summed E-state index contributed by atoms with van der Waals surface area (Å²) in [5.74, 6) is 0. The Labute approximate surface area is 321 Å². The van der Waals surface area contributed by atoms with Crippen LogP contribution in [0.5, 0.6) is 0 Å². The van der Waals surface area contributed by atoms with Crippen molar-refractivity contribution in [1.29, 1.82) is 0 Å². The summed E-state index contributed by atoms with van der Waals surface area (Å²) in [5, 5.41) is 2.12. The second-order valence-electron chi connectivity index (χ2n) is 11.3. The number of fused-ring (bicyclic) bond motifs is 7. The normalized spacial score (nSPS) is 17.8. The fraction of sp³-hybridized carbons (Fsp3) is 0. The van der Waals surface area contributed by atoms with Crippen LogP contribution in [0, 0.1) is 0 Å². The van der Waals surface area contributed by atoms with Crippen molar-refractivity contribution < 1.29 is 30.2 Å². The van der Waals surface area contributed by atoms with Crippen molar-refractivity contribution in [3.63, 3.8) is 0 Å². The van der Waals surface area contributed by atoms with E-state index in [4.69, 9.17) is 21.9 Å². The van der Waals surface area contributed by atoms with Crippen molar-refractivity contribution in [2.75, 3.05) is 0 Å². The van der Waals surface area contributed by atoms with E-state index in [1.165, 1.54) is 9.13 Å². The van der Waals surface area contributed by atoms with Crippen molar-refractivity contribution in [2.24, 2.45) is 0 Å². The first-order chi connectivity index (χ1) is 34.0. The van der Waals surface area contributed by atoms with Gasteiger partial charge < -0.3 is 9.13 Å². The molecule has 0 radical (unpaired) electrons. The molecular weight excluding hydrogens is 605 g/mol. The fourth-order valence-electron chi connectivity index (χ4n) is 6.43. The Morgan fingerprint density at radius 3 is 1.28 bits per heavy atom. The lowest BCUT2D eigenvalue weighted by molar-refractivity contribution is 1.17. The molecule has 234 valence electrons. The standard InChI is InChI=1S/C48H32N2/c1-3-12-33(13-4-1)35-22-24-36(25-23-35)37-26-28-39(29-27-37)49-43-20-9-7-18-41(43)47-45(49)30-31-46-48(47)42-19-8-10-21-44(42)50(46)40-17-11-16-38(32-40)34-14-5-2-6-15-34/h1-32H/i1D,2D,3D,4D,5D,6D,11D,12D,13D,14D,15D,16D,17D,22D,23D,24D,25D,26D,27D,28D,29D,32D. The minimum absolute atomic E-state index is 0.224. The van der Waals surface area contributed by atoms with Crippen LogP contribution in [0.1, 0.15) is 30.2 Å². The first-order valence-electron chi connectivity index (χ1n) is 26.4. The second-order valence-corrected chi connectivity index (χ2v) is 11.3. The van der Waals surface area contributed by atoms with Gasteiger partial charge in [0.1, 0.15) is 0 Å². The predicted octanol–water partition coefficient (Wildman–Crippen LogP) is 12.9. The van der Waals surface area contributed by atoms with E-state index < -0.39 is 166 Å². The van der Waals surface area contributed by atoms with Gasteiger partial charge in [-0.3, -0.25) is 0 Å². The van der Waals surface area contributed by atoms with Crippen molar-refractivity contribution in [1.82, 2.24) is 9.13 Å². The number of hydrogen-bond donors (Lipinski definition) is 0. The van der Waals surface area contributed by atoms with E-state index in [1.54, 1.807) is 60.7 Å². The fourth-order valence-corrected chi connectivity index (χ4v) is 6.43. The molecule has 0 spiro atoms. The first kappa shape index (κ1) is 14.1. The maximum atomic E-state index is 9.55. The van der Waals surface area contributed by atoms with Crippen LogP contribution in [0.2, 0.25) is 0 Å². The van der Waals surface area contributed by atoms with Crippen molar-refractivity contribution in [3.05, 3.63) is 194 Å². The van der Waals surface area contributed by atoms with Gasteiger partial charge in [-0.2, -0.15) is 0 Å². The number of para-hydroxylation sites is 2. The number of nitrogens with zero attached hydrogens (tertiary/aromatic N) is 2. The van der Waals surface area contributed by atoms with Crippen LogP contribution in [-0.2, 0) is 0 Å². The highest BCUT2D eigenvalue weighted by atomic mass is 15.0. The first-order valence-corrected chi connectivity index (χ1v) is 15.4. The molecule has 0 N–H and O–H groups in total. The van der Waals surface area contributed by atoms with Gasteiger partial charge in [-0.1, -0.05) is 145 Å². The largest absolute Gasteiger partial charge is 0.309 e. The zero-order chi connectivity index (χ0) is 52.2. The van der Waals surface area contributed by atoms with E-state index >= 15 is 0 Å². The number of aromatic nitrogens is 2. The Morgan fingerprint density at radius 2 is 0.740 bits per heavy atom. The van der Waals surface area contributed by atoms with Crippen molar-refractivity contribution >= 4 is 43.6 Å². The molecule has 2 heteroatoms. The Morgan fingerprint density at radius 1 is 0.320 bits per heavy atom. The third-order valence-corrected chi connectivity index (χ3v) is 8.52. The lowest BCUT2D eigenvalue weighted by Crippen LogP contribution is -1.95. The highest BCUT2D eigenvalue weighted by molar-refractivity contribution is 6.28. The SMILES string of the molecule is [2H]c1c([2H])c([2H])c(-c2c([2H])c([2H])c(-c3c([2H])c([2H])c(-n4c5ccccc5c5c6c7ccccc7n(-c7c([2H])c([2H])c([2H])c(-c8c([2H])c([2H])c([2H])c([2H])c8[2H])c7[2H])c6ccc54)c([2H])c3[2H])c([2H])c2[2H])c([2H])c1[2H]. The lowest BCUT2D eigenvalue weighted by atomic mass is 10.0. The van der Waals surface area contributed by atoms with Gasteiger partial charge in [-0.05, 0) is 81.8 Å². The quantitative estimate of drug-likeness (QED) is 0.174. The van der Waals surface area contributed by atoms with Crippen LogP contribution in [0.25, 0.3) is 88.4 Å². The number of rotatable bonds is 5. The van der Waals surface area contributed by atoms with Gasteiger partial charge in [-0.25, -0.2) is 0 Å². The molecule has 0 aliphatic carbocycles. The van der Waals surface area contributed by atoms with Crippen molar-refractivity contribution in [3.8, 4) is 44.8 Å². The molecule has 0 amide bonds. The summed E-state index contributed by atoms with van der Waals surface area (Å²) in [6.45, 7) is 0. The molecule has 0 fully saturated rings. The average Bonchev–Trinajstić information content (AvgIpc) is 3.87. The summed E-state index contributed by atoms with van der Waals surface area (Å²) in [6, 6.07) is 1.14. The Kier molecular flexibility index (Phi) is 3.24. The van der Waals surface area contributed by atoms with E-state index in [9.17, 15) is 8.22 Å². The molecule has 2 nitrogen and oxygen atoms in total. The summed E-state index contributed by atoms with van der Waals surface area (Å²) in [6.07, 6.45) is 0. The van der Waals surface area contributed by atoms with Crippen LogP contribution < -0.4 is 0 Å². The molecule has 0 atom stereocenters. The molecule has 0 unspecified atom stereocenters. The molecule has 8 aromatic carbocycles. The molecule has 2 heterocycles. The third kappa shape index (κ3) is 4.50. The van der Waals surface area contributed by atoms with E-state index in [0.29, 0.717) is 43.6 Å². The van der Waals surface area contributed by atoms with Crippen LogP contribution in [-0.4, -0.2) is 9.13 Å². The van der Waals surface area contributed by atoms with Crippen LogP contribution in [0.3, 0.4) is 0 Å². The molecular formula is C48H32N2. The molecule has 0 aliphatic rings. The molecule has 10 rings (SSSR count). The van der Waals surface area contributed by atoms with E-state index in [1.807, 2.05) is 0 Å². The predicted molar refractivity (Wildman–Crippen MR) is 211 cm³/mol. The molecule has 0 bridgehead atoms.